The van der Waals surface area contributed by atoms with Crippen LogP contribution < -0.4 is 11.2 Å². The molecule has 0 saturated carbocycles. The number of nitrogens with zero attached hydrogens (tertiary/aromatic N) is 2. The summed E-state index contributed by atoms with van der Waals surface area (Å²) < 4.78 is 5.94. The van der Waals surface area contributed by atoms with Gasteiger partial charge in [0, 0.05) is 11.8 Å². The quantitative estimate of drug-likeness (QED) is 0.808. The molecule has 0 fully saturated rings. The van der Waals surface area contributed by atoms with E-state index in [-0.39, 0.29) is 12.1 Å². The number of nitrogens with one attached hydrogen (secondary N) is 1. The van der Waals surface area contributed by atoms with Crippen molar-refractivity contribution in [3.63, 3.8) is 0 Å². The predicted octanol–water partition coefficient (Wildman–Crippen LogP) is 0.392. The summed E-state index contributed by atoms with van der Waals surface area (Å²) in [6.07, 6.45) is 1.14. The van der Waals surface area contributed by atoms with Crippen LogP contribution in [0.3, 0.4) is 0 Å². The molecule has 19 heavy (non-hydrogen) atoms. The summed E-state index contributed by atoms with van der Waals surface area (Å²) in [4.78, 5) is 37.4. The van der Waals surface area contributed by atoms with Gasteiger partial charge in [0.25, 0.3) is 5.56 Å². The third-order valence-corrected chi connectivity index (χ3v) is 2.94. The molecule has 2 aromatic heterocycles. The number of rotatable bonds is 3. The number of aryl methyl sites for hydroxylation is 2. The van der Waals surface area contributed by atoms with E-state index in [2.05, 4.69) is 10.1 Å². The minimum Gasteiger partial charge on any atom is -0.361 e. The van der Waals surface area contributed by atoms with Gasteiger partial charge in [0.1, 0.15) is 5.76 Å². The topological polar surface area (TPSA) is 98.0 Å². The number of carbonyl (C=O) groups excluding carboxylic acids is 1. The summed E-state index contributed by atoms with van der Waals surface area (Å²) >= 11 is 0. The Kier molecular flexibility index (Phi) is 3.20. The average Bonchev–Trinajstić information content (AvgIpc) is 2.64. The van der Waals surface area contributed by atoms with E-state index in [9.17, 15) is 14.4 Å². The van der Waals surface area contributed by atoms with Crippen LogP contribution in [0.2, 0.25) is 0 Å². The molecule has 0 spiro atoms. The maximum atomic E-state index is 12.1. The zero-order valence-electron chi connectivity index (χ0n) is 10.8. The van der Waals surface area contributed by atoms with Crippen LogP contribution in [0.1, 0.15) is 34.3 Å². The first kappa shape index (κ1) is 13.0. The normalized spacial score (nSPS) is 10.7. The third-order valence-electron chi connectivity index (χ3n) is 2.94. The molecule has 0 aliphatic carbocycles. The molecule has 0 aromatic carbocycles. The van der Waals surface area contributed by atoms with Crippen LogP contribution in [-0.4, -0.2) is 20.5 Å². The molecule has 7 heteroatoms. The summed E-state index contributed by atoms with van der Waals surface area (Å²) in [6, 6.07) is 0. The Morgan fingerprint density at radius 1 is 1.42 bits per heavy atom. The Balaban J connectivity index is 2.58. The Labute approximate surface area is 107 Å². The van der Waals surface area contributed by atoms with Gasteiger partial charge < -0.3 is 9.51 Å². The van der Waals surface area contributed by atoms with Gasteiger partial charge in [0.05, 0.1) is 17.8 Å². The van der Waals surface area contributed by atoms with E-state index in [0.717, 1.165) is 10.8 Å². The first-order valence-corrected chi connectivity index (χ1v) is 5.67. The molecule has 2 aromatic rings. The number of carbonyl (C=O) groups is 1. The summed E-state index contributed by atoms with van der Waals surface area (Å²) in [7, 11) is 0. The fourth-order valence-corrected chi connectivity index (χ4v) is 1.79. The molecule has 2 heterocycles. The van der Waals surface area contributed by atoms with Gasteiger partial charge in [0.15, 0.2) is 5.78 Å². The van der Waals surface area contributed by atoms with E-state index in [1.54, 1.807) is 13.8 Å². The third kappa shape index (κ3) is 2.26. The smallest absolute Gasteiger partial charge is 0.328 e. The van der Waals surface area contributed by atoms with E-state index < -0.39 is 17.0 Å². The number of hydrogen-bond donors (Lipinski definition) is 1. The SMILES string of the molecule is CC(=O)c1c[nH]c(=O)n(Cc2c(C)noc2C)c1=O. The molecule has 0 aliphatic rings. The van der Waals surface area contributed by atoms with Gasteiger partial charge in [-0.2, -0.15) is 0 Å². The minimum atomic E-state index is -0.615. The fourth-order valence-electron chi connectivity index (χ4n) is 1.79. The van der Waals surface area contributed by atoms with E-state index in [4.69, 9.17) is 4.52 Å². The van der Waals surface area contributed by atoms with E-state index in [0.29, 0.717) is 17.0 Å². The second-order valence-corrected chi connectivity index (χ2v) is 4.26. The molecule has 0 amide bonds. The highest BCUT2D eigenvalue weighted by Gasteiger charge is 2.15. The first-order valence-electron chi connectivity index (χ1n) is 5.67. The lowest BCUT2D eigenvalue weighted by atomic mass is 10.2. The number of H-pyrrole nitrogens is 1. The van der Waals surface area contributed by atoms with Crippen molar-refractivity contribution >= 4 is 5.78 Å². The second kappa shape index (κ2) is 4.68. The van der Waals surface area contributed by atoms with Gasteiger partial charge >= 0.3 is 5.69 Å². The van der Waals surface area contributed by atoms with Crippen molar-refractivity contribution in [1.82, 2.24) is 14.7 Å². The van der Waals surface area contributed by atoms with Crippen LogP contribution in [0.25, 0.3) is 0 Å². The predicted molar refractivity (Wildman–Crippen MR) is 66.4 cm³/mol. The molecule has 1 N–H and O–H groups in total. The minimum absolute atomic E-state index is 0.0243. The van der Waals surface area contributed by atoms with Crippen LogP contribution in [0, 0.1) is 13.8 Å². The molecule has 0 aliphatic heterocycles. The van der Waals surface area contributed by atoms with Gasteiger partial charge in [-0.05, 0) is 20.8 Å². The Morgan fingerprint density at radius 2 is 2.11 bits per heavy atom. The van der Waals surface area contributed by atoms with Gasteiger partial charge in [-0.15, -0.1) is 0 Å². The lowest BCUT2D eigenvalue weighted by Crippen LogP contribution is -2.38. The molecule has 0 bridgehead atoms. The zero-order chi connectivity index (χ0) is 14.2. The van der Waals surface area contributed by atoms with Crippen LogP contribution in [0.4, 0.5) is 0 Å². The van der Waals surface area contributed by atoms with Gasteiger partial charge in [-0.1, -0.05) is 5.16 Å². The van der Waals surface area contributed by atoms with E-state index >= 15 is 0 Å². The lowest BCUT2D eigenvalue weighted by Gasteiger charge is -2.05. The largest absolute Gasteiger partial charge is 0.361 e. The Hall–Kier alpha value is -2.44. The summed E-state index contributed by atoms with van der Waals surface area (Å²) in [5, 5.41) is 3.76. The highest BCUT2D eigenvalue weighted by atomic mass is 16.5. The molecule has 100 valence electrons. The number of hydrogen-bond acceptors (Lipinski definition) is 5. The number of ketones is 1. The molecule has 7 nitrogen and oxygen atoms in total. The maximum Gasteiger partial charge on any atom is 0.328 e. The van der Waals surface area contributed by atoms with Gasteiger partial charge in [0.2, 0.25) is 0 Å². The van der Waals surface area contributed by atoms with Crippen LogP contribution in [0.15, 0.2) is 20.3 Å². The van der Waals surface area contributed by atoms with Crippen molar-refractivity contribution in [3.8, 4) is 0 Å². The van der Waals surface area contributed by atoms with Gasteiger partial charge in [-0.25, -0.2) is 4.79 Å². The van der Waals surface area contributed by atoms with Crippen LogP contribution in [0.5, 0.6) is 0 Å². The second-order valence-electron chi connectivity index (χ2n) is 4.26. The van der Waals surface area contributed by atoms with E-state index in [1.165, 1.54) is 6.92 Å². The average molecular weight is 263 g/mol. The van der Waals surface area contributed by atoms with Gasteiger partial charge in [-0.3, -0.25) is 14.2 Å². The van der Waals surface area contributed by atoms with Crippen molar-refractivity contribution in [3.05, 3.63) is 49.6 Å². The molecule has 0 radical (unpaired) electrons. The van der Waals surface area contributed by atoms with Crippen LogP contribution >= 0.6 is 0 Å². The monoisotopic (exact) mass is 263 g/mol. The molecule has 2 rings (SSSR count). The molecular weight excluding hydrogens is 250 g/mol. The molecule has 0 saturated heterocycles. The number of Topliss-reactive ketones (excluding diaryl/α,β-unsaturated/α-hetero) is 1. The molecule has 0 unspecified atom stereocenters. The summed E-state index contributed by atoms with van der Waals surface area (Å²) in [6.45, 7) is 4.72. The molecular formula is C12H13N3O4. The fraction of sp³-hybridized carbons (Fsp3) is 0.333. The summed E-state index contributed by atoms with van der Waals surface area (Å²) in [5.41, 5.74) is 0.0305. The standard InChI is InChI=1S/C12H13N3O4/c1-6-10(8(3)19-14-6)5-15-11(17)9(7(2)16)4-13-12(15)18/h4H,5H2,1-3H3,(H,13,18). The van der Waals surface area contributed by atoms with Crippen molar-refractivity contribution in [1.29, 1.82) is 0 Å². The summed E-state index contributed by atoms with van der Waals surface area (Å²) in [5.74, 6) is 0.144. The zero-order valence-corrected chi connectivity index (χ0v) is 10.8. The Morgan fingerprint density at radius 3 is 2.63 bits per heavy atom. The van der Waals surface area contributed by atoms with Crippen molar-refractivity contribution in [2.45, 2.75) is 27.3 Å². The molecule has 0 atom stereocenters. The van der Waals surface area contributed by atoms with Crippen molar-refractivity contribution in [2.75, 3.05) is 0 Å². The number of aromatic nitrogens is 3. The first-order chi connectivity index (χ1) is 8.91. The highest BCUT2D eigenvalue weighted by molar-refractivity contribution is 5.93. The number of aromatic amines is 1. The van der Waals surface area contributed by atoms with E-state index in [1.807, 2.05) is 0 Å². The maximum absolute atomic E-state index is 12.1. The van der Waals surface area contributed by atoms with Crippen molar-refractivity contribution < 1.29 is 9.32 Å². The Bertz CT molecular complexity index is 732. The lowest BCUT2D eigenvalue weighted by molar-refractivity contribution is 0.101. The highest BCUT2D eigenvalue weighted by Crippen LogP contribution is 2.12. The van der Waals surface area contributed by atoms with Crippen LogP contribution in [-0.2, 0) is 6.54 Å². The van der Waals surface area contributed by atoms with Crippen molar-refractivity contribution in [2.24, 2.45) is 0 Å².